The van der Waals surface area contributed by atoms with Gasteiger partial charge in [0, 0.05) is 29.9 Å². The second-order valence-corrected chi connectivity index (χ2v) is 9.84. The van der Waals surface area contributed by atoms with Gasteiger partial charge in [0.2, 0.25) is 5.91 Å². The number of aryl methyl sites for hydroxylation is 1. The summed E-state index contributed by atoms with van der Waals surface area (Å²) in [7, 11) is 0. The molecule has 2 heterocycles. The zero-order chi connectivity index (χ0) is 26.4. The molecule has 2 amide bonds. The van der Waals surface area contributed by atoms with Crippen LogP contribution in [0.1, 0.15) is 46.1 Å². The van der Waals surface area contributed by atoms with E-state index in [0.29, 0.717) is 0 Å². The van der Waals surface area contributed by atoms with Crippen LogP contribution in [0.2, 0.25) is 0 Å². The van der Waals surface area contributed by atoms with Gasteiger partial charge in [0.15, 0.2) is 0 Å². The van der Waals surface area contributed by atoms with Gasteiger partial charge in [-0.25, -0.2) is 0 Å². The van der Waals surface area contributed by atoms with Gasteiger partial charge in [0.25, 0.3) is 11.6 Å². The first-order chi connectivity index (χ1) is 18.4. The van der Waals surface area contributed by atoms with Crippen LogP contribution in [0.25, 0.3) is 5.69 Å². The van der Waals surface area contributed by atoms with E-state index < -0.39 is 4.92 Å². The van der Waals surface area contributed by atoms with Crippen LogP contribution in [0.4, 0.5) is 11.4 Å². The molecule has 1 atom stereocenters. The van der Waals surface area contributed by atoms with Gasteiger partial charge >= 0.3 is 0 Å². The zero-order valence-electron chi connectivity index (χ0n) is 20.9. The molecule has 2 aliphatic rings. The molecule has 38 heavy (non-hydrogen) atoms. The Bertz CT molecular complexity index is 1570. The summed E-state index contributed by atoms with van der Waals surface area (Å²) in [5.74, 6) is -0.576. The number of nitro groups is 1. The number of hydrogen-bond acceptors (Lipinski definition) is 4. The molecule has 8 nitrogen and oxygen atoms in total. The number of nitro benzene ring substituents is 1. The van der Waals surface area contributed by atoms with E-state index in [9.17, 15) is 19.7 Å². The fourth-order valence-electron chi connectivity index (χ4n) is 5.31. The Hall–Kier alpha value is -4.72. The first-order valence-corrected chi connectivity index (χ1v) is 12.6. The number of non-ortho nitro benzene ring substituents is 1. The molecule has 6 rings (SSSR count). The zero-order valence-corrected chi connectivity index (χ0v) is 20.9. The lowest BCUT2D eigenvalue weighted by Crippen LogP contribution is -2.47. The molecule has 0 spiro atoms. The number of rotatable bonds is 6. The SMILES string of the molecule is Cc1cccc(C2c3cccn3-c3ccccc3N2C(=O)CN(C(=O)c2cccc([N+](=O)[O-])c2)C2CC2)c1. The predicted octanol–water partition coefficient (Wildman–Crippen LogP) is 5.43. The van der Waals surface area contributed by atoms with Crippen LogP contribution >= 0.6 is 0 Å². The Morgan fingerprint density at radius 2 is 1.71 bits per heavy atom. The quantitative estimate of drug-likeness (QED) is 0.258. The normalized spacial score (nSPS) is 15.9. The Labute approximate surface area is 219 Å². The van der Waals surface area contributed by atoms with Gasteiger partial charge in [-0.3, -0.25) is 24.6 Å². The van der Waals surface area contributed by atoms with Crippen molar-refractivity contribution in [3.63, 3.8) is 0 Å². The number of anilines is 1. The van der Waals surface area contributed by atoms with Crippen molar-refractivity contribution in [1.82, 2.24) is 9.47 Å². The highest BCUT2D eigenvalue weighted by Gasteiger charge is 2.40. The van der Waals surface area contributed by atoms with Gasteiger partial charge in [-0.15, -0.1) is 0 Å². The Balaban J connectivity index is 1.40. The van der Waals surface area contributed by atoms with Crippen LogP contribution in [0.5, 0.6) is 0 Å². The maximum atomic E-state index is 14.2. The molecule has 0 bridgehead atoms. The van der Waals surface area contributed by atoms with Crippen LogP contribution in [0.3, 0.4) is 0 Å². The van der Waals surface area contributed by atoms with Gasteiger partial charge in [-0.05, 0) is 55.7 Å². The minimum absolute atomic E-state index is 0.0629. The summed E-state index contributed by atoms with van der Waals surface area (Å²) in [5.41, 5.74) is 4.76. The molecule has 1 unspecified atom stereocenters. The standard InChI is InChI=1S/C30H26N4O4/c1-20-7-4-8-21(17-20)29-27-13-6-16-31(27)25-11-2-3-12-26(25)33(29)28(35)19-32(23-14-15-23)30(36)22-9-5-10-24(18-22)34(37)38/h2-13,16-18,23,29H,14-15,19H2,1H3. The fourth-order valence-corrected chi connectivity index (χ4v) is 5.31. The number of carbonyl (C=O) groups excluding carboxylic acids is 2. The topological polar surface area (TPSA) is 88.7 Å². The summed E-state index contributed by atoms with van der Waals surface area (Å²) < 4.78 is 2.11. The first-order valence-electron chi connectivity index (χ1n) is 12.6. The minimum atomic E-state index is -0.518. The Morgan fingerprint density at radius 3 is 2.45 bits per heavy atom. The van der Waals surface area contributed by atoms with Crippen molar-refractivity contribution in [3.8, 4) is 5.69 Å². The van der Waals surface area contributed by atoms with Crippen LogP contribution in [-0.2, 0) is 4.79 Å². The molecule has 0 radical (unpaired) electrons. The van der Waals surface area contributed by atoms with E-state index in [-0.39, 0.29) is 41.7 Å². The molecule has 0 N–H and O–H groups in total. The third kappa shape index (κ3) is 4.14. The van der Waals surface area contributed by atoms with Crippen LogP contribution < -0.4 is 4.90 Å². The number of carbonyl (C=O) groups is 2. The summed E-state index contributed by atoms with van der Waals surface area (Å²) in [5, 5.41) is 11.3. The monoisotopic (exact) mass is 506 g/mol. The lowest BCUT2D eigenvalue weighted by molar-refractivity contribution is -0.384. The van der Waals surface area contributed by atoms with Crippen LogP contribution in [0.15, 0.2) is 91.1 Å². The summed E-state index contributed by atoms with van der Waals surface area (Å²) in [6, 6.07) is 25.2. The largest absolute Gasteiger partial charge is 0.326 e. The van der Waals surface area contributed by atoms with Gasteiger partial charge in [0.05, 0.1) is 22.0 Å². The second kappa shape index (κ2) is 9.30. The summed E-state index contributed by atoms with van der Waals surface area (Å²) in [4.78, 5) is 41.9. The fraction of sp³-hybridized carbons (Fsp3) is 0.200. The number of fused-ring (bicyclic) bond motifs is 3. The third-order valence-corrected chi connectivity index (χ3v) is 7.20. The summed E-state index contributed by atoms with van der Waals surface area (Å²) in [6.07, 6.45) is 3.60. The van der Waals surface area contributed by atoms with E-state index in [0.717, 1.165) is 41.0 Å². The maximum absolute atomic E-state index is 14.2. The number of para-hydroxylation sites is 2. The van der Waals surface area contributed by atoms with E-state index in [4.69, 9.17) is 0 Å². The van der Waals surface area contributed by atoms with Crippen molar-refractivity contribution in [2.45, 2.75) is 31.8 Å². The lowest BCUT2D eigenvalue weighted by atomic mass is 9.96. The number of nitrogens with zero attached hydrogens (tertiary/aromatic N) is 4. The van der Waals surface area contributed by atoms with Gasteiger partial charge in [-0.1, -0.05) is 48.0 Å². The van der Waals surface area contributed by atoms with Crippen molar-refractivity contribution >= 4 is 23.2 Å². The molecule has 1 fully saturated rings. The highest BCUT2D eigenvalue weighted by Crippen LogP contribution is 2.42. The summed E-state index contributed by atoms with van der Waals surface area (Å²) >= 11 is 0. The molecule has 1 aromatic heterocycles. The number of aromatic nitrogens is 1. The van der Waals surface area contributed by atoms with Crippen LogP contribution in [-0.4, -0.2) is 38.8 Å². The van der Waals surface area contributed by atoms with Crippen molar-refractivity contribution in [3.05, 3.63) is 124 Å². The molecule has 0 saturated heterocycles. The Kier molecular flexibility index (Phi) is 5.79. The van der Waals surface area contributed by atoms with E-state index in [1.54, 1.807) is 15.9 Å². The van der Waals surface area contributed by atoms with Crippen molar-refractivity contribution < 1.29 is 14.5 Å². The molecule has 190 valence electrons. The molecule has 8 heteroatoms. The highest BCUT2D eigenvalue weighted by atomic mass is 16.6. The van der Waals surface area contributed by atoms with Crippen molar-refractivity contribution in [2.24, 2.45) is 0 Å². The van der Waals surface area contributed by atoms with E-state index in [1.165, 1.54) is 18.2 Å². The van der Waals surface area contributed by atoms with Gasteiger partial charge in [-0.2, -0.15) is 0 Å². The van der Waals surface area contributed by atoms with E-state index >= 15 is 0 Å². The van der Waals surface area contributed by atoms with E-state index in [1.807, 2.05) is 67.7 Å². The minimum Gasteiger partial charge on any atom is -0.326 e. The average molecular weight is 507 g/mol. The second-order valence-electron chi connectivity index (χ2n) is 9.84. The number of benzene rings is 3. The van der Waals surface area contributed by atoms with Gasteiger partial charge in [0.1, 0.15) is 12.6 Å². The molecular weight excluding hydrogens is 480 g/mol. The summed E-state index contributed by atoms with van der Waals surface area (Å²) in [6.45, 7) is 1.90. The molecule has 4 aromatic rings. The maximum Gasteiger partial charge on any atom is 0.270 e. The molecule has 3 aromatic carbocycles. The highest BCUT2D eigenvalue weighted by molar-refractivity contribution is 6.03. The van der Waals surface area contributed by atoms with Crippen molar-refractivity contribution in [1.29, 1.82) is 0 Å². The lowest BCUT2D eigenvalue weighted by Gasteiger charge is -2.39. The molecule has 1 aliphatic carbocycles. The first kappa shape index (κ1) is 23.7. The molecule has 1 saturated carbocycles. The van der Waals surface area contributed by atoms with Crippen molar-refractivity contribution in [2.75, 3.05) is 11.4 Å². The van der Waals surface area contributed by atoms with E-state index in [2.05, 4.69) is 10.6 Å². The number of amides is 2. The van der Waals surface area contributed by atoms with Gasteiger partial charge < -0.3 is 9.47 Å². The third-order valence-electron chi connectivity index (χ3n) is 7.20. The number of hydrogen-bond donors (Lipinski definition) is 0. The van der Waals surface area contributed by atoms with Crippen LogP contribution in [0, 0.1) is 17.0 Å². The Morgan fingerprint density at radius 1 is 0.947 bits per heavy atom. The predicted molar refractivity (Wildman–Crippen MR) is 143 cm³/mol. The smallest absolute Gasteiger partial charge is 0.270 e. The molecular formula is C30H26N4O4. The average Bonchev–Trinajstić information content (AvgIpc) is 3.65. The molecule has 1 aliphatic heterocycles.